The molecule has 0 unspecified atom stereocenters. The third-order valence-corrected chi connectivity index (χ3v) is 4.68. The number of rotatable bonds is 5. The quantitative estimate of drug-likeness (QED) is 0.505. The summed E-state index contributed by atoms with van der Waals surface area (Å²) >= 11 is 0. The molecule has 4 rings (SSSR count). The van der Waals surface area contributed by atoms with Crippen LogP contribution in [0.5, 0.6) is 0 Å². The van der Waals surface area contributed by atoms with Crippen LogP contribution in [-0.4, -0.2) is 9.55 Å². The van der Waals surface area contributed by atoms with E-state index in [1.54, 1.807) is 0 Å². The highest BCUT2D eigenvalue weighted by molar-refractivity contribution is 5.63. The van der Waals surface area contributed by atoms with Crippen LogP contribution in [0.4, 0.5) is 0 Å². The molecule has 27 heavy (non-hydrogen) atoms. The number of nitriles is 1. The summed E-state index contributed by atoms with van der Waals surface area (Å²) in [6, 6.07) is 29.0. The lowest BCUT2D eigenvalue weighted by Gasteiger charge is -2.09. The Morgan fingerprint density at radius 1 is 0.778 bits per heavy atom. The van der Waals surface area contributed by atoms with Crippen molar-refractivity contribution in [3.63, 3.8) is 0 Å². The van der Waals surface area contributed by atoms with Crippen LogP contribution in [0.25, 0.3) is 11.1 Å². The average molecular weight is 349 g/mol. The molecule has 0 spiro atoms. The Morgan fingerprint density at radius 3 is 2.15 bits per heavy atom. The fourth-order valence-corrected chi connectivity index (χ4v) is 3.17. The van der Waals surface area contributed by atoms with Gasteiger partial charge in [0.2, 0.25) is 0 Å². The van der Waals surface area contributed by atoms with Crippen molar-refractivity contribution in [2.75, 3.05) is 0 Å². The molecule has 3 aromatic carbocycles. The SMILES string of the molecule is N#Cc1ccc(Cn2cncc2Cc2ccc(-c3ccccc3)cc2)cc1. The van der Waals surface area contributed by atoms with Crippen LogP contribution >= 0.6 is 0 Å². The standard InChI is InChI=1S/C24H19N3/c25-15-20-6-8-21(9-7-20)17-27-18-26-16-24(27)14-19-10-12-23(13-11-19)22-4-2-1-3-5-22/h1-13,16,18H,14,17H2. The molecule has 0 bridgehead atoms. The van der Waals surface area contributed by atoms with Gasteiger partial charge in [-0.3, -0.25) is 0 Å². The summed E-state index contributed by atoms with van der Waals surface area (Å²) < 4.78 is 2.16. The molecule has 1 heterocycles. The minimum absolute atomic E-state index is 0.683. The Bertz CT molecular complexity index is 1050. The highest BCUT2D eigenvalue weighted by Gasteiger charge is 2.05. The first-order valence-corrected chi connectivity index (χ1v) is 8.94. The molecule has 0 aliphatic rings. The lowest BCUT2D eigenvalue weighted by Crippen LogP contribution is -2.04. The lowest BCUT2D eigenvalue weighted by atomic mass is 10.0. The Hall–Kier alpha value is -3.64. The number of aromatic nitrogens is 2. The predicted octanol–water partition coefficient (Wildman–Crippen LogP) is 5.06. The predicted molar refractivity (Wildman–Crippen MR) is 107 cm³/mol. The lowest BCUT2D eigenvalue weighted by molar-refractivity contribution is 0.753. The second kappa shape index (κ2) is 7.72. The van der Waals surface area contributed by atoms with E-state index in [-0.39, 0.29) is 0 Å². The average Bonchev–Trinajstić information content (AvgIpc) is 3.16. The van der Waals surface area contributed by atoms with Crippen molar-refractivity contribution in [2.24, 2.45) is 0 Å². The zero-order valence-electron chi connectivity index (χ0n) is 14.9. The minimum atomic E-state index is 0.683. The second-order valence-electron chi connectivity index (χ2n) is 6.56. The topological polar surface area (TPSA) is 41.6 Å². The van der Waals surface area contributed by atoms with Gasteiger partial charge >= 0.3 is 0 Å². The van der Waals surface area contributed by atoms with Gasteiger partial charge in [0.1, 0.15) is 0 Å². The number of hydrogen-bond donors (Lipinski definition) is 0. The molecular weight excluding hydrogens is 330 g/mol. The first-order valence-electron chi connectivity index (χ1n) is 8.94. The molecule has 0 saturated heterocycles. The van der Waals surface area contributed by atoms with Gasteiger partial charge in [-0.15, -0.1) is 0 Å². The largest absolute Gasteiger partial charge is 0.330 e. The van der Waals surface area contributed by atoms with Crippen molar-refractivity contribution in [2.45, 2.75) is 13.0 Å². The van der Waals surface area contributed by atoms with Crippen molar-refractivity contribution < 1.29 is 0 Å². The minimum Gasteiger partial charge on any atom is -0.330 e. The van der Waals surface area contributed by atoms with Gasteiger partial charge in [-0.05, 0) is 34.4 Å². The fraction of sp³-hybridized carbons (Fsp3) is 0.0833. The highest BCUT2D eigenvalue weighted by Crippen LogP contribution is 2.20. The van der Waals surface area contributed by atoms with E-state index in [0.29, 0.717) is 5.56 Å². The van der Waals surface area contributed by atoms with Crippen molar-refractivity contribution in [1.82, 2.24) is 9.55 Å². The van der Waals surface area contributed by atoms with E-state index in [4.69, 9.17) is 5.26 Å². The molecule has 3 nitrogen and oxygen atoms in total. The summed E-state index contributed by atoms with van der Waals surface area (Å²) in [5.41, 5.74) is 6.74. The fourth-order valence-electron chi connectivity index (χ4n) is 3.17. The van der Waals surface area contributed by atoms with E-state index in [2.05, 4.69) is 64.2 Å². The van der Waals surface area contributed by atoms with Crippen molar-refractivity contribution in [3.8, 4) is 17.2 Å². The third kappa shape index (κ3) is 3.96. The number of hydrogen-bond acceptors (Lipinski definition) is 2. The van der Waals surface area contributed by atoms with Crippen molar-refractivity contribution in [3.05, 3.63) is 114 Å². The second-order valence-corrected chi connectivity index (χ2v) is 6.56. The Kier molecular flexibility index (Phi) is 4.80. The third-order valence-electron chi connectivity index (χ3n) is 4.68. The van der Waals surface area contributed by atoms with Gasteiger partial charge in [-0.1, -0.05) is 66.7 Å². The van der Waals surface area contributed by atoms with Crippen LogP contribution in [0, 0.1) is 11.3 Å². The first-order chi connectivity index (χ1) is 13.3. The number of nitrogens with zero attached hydrogens (tertiary/aromatic N) is 3. The van der Waals surface area contributed by atoms with Crippen LogP contribution < -0.4 is 0 Å². The first kappa shape index (κ1) is 16.8. The summed E-state index contributed by atoms with van der Waals surface area (Å²) in [5.74, 6) is 0. The highest BCUT2D eigenvalue weighted by atomic mass is 15.0. The molecule has 0 atom stereocenters. The molecular formula is C24H19N3. The molecule has 0 N–H and O–H groups in total. The molecule has 0 aliphatic carbocycles. The van der Waals surface area contributed by atoms with E-state index in [1.165, 1.54) is 22.4 Å². The molecule has 1 aromatic heterocycles. The number of benzene rings is 3. The smallest absolute Gasteiger partial charge is 0.0991 e. The molecule has 130 valence electrons. The maximum Gasteiger partial charge on any atom is 0.0991 e. The summed E-state index contributed by atoms with van der Waals surface area (Å²) in [4.78, 5) is 4.32. The van der Waals surface area contributed by atoms with Gasteiger partial charge < -0.3 is 4.57 Å². The van der Waals surface area contributed by atoms with Crippen LogP contribution in [0.3, 0.4) is 0 Å². The molecule has 0 amide bonds. The summed E-state index contributed by atoms with van der Waals surface area (Å²) in [6.07, 6.45) is 4.63. The zero-order valence-corrected chi connectivity index (χ0v) is 14.9. The van der Waals surface area contributed by atoms with Crippen molar-refractivity contribution in [1.29, 1.82) is 5.26 Å². The van der Waals surface area contributed by atoms with Crippen molar-refractivity contribution >= 4 is 0 Å². The molecule has 0 saturated carbocycles. The van der Waals surface area contributed by atoms with Crippen LogP contribution in [0.1, 0.15) is 22.4 Å². The summed E-state index contributed by atoms with van der Waals surface area (Å²) in [7, 11) is 0. The zero-order chi connectivity index (χ0) is 18.5. The maximum absolute atomic E-state index is 8.92. The van der Waals surface area contributed by atoms with Gasteiger partial charge in [-0.25, -0.2) is 4.98 Å². The van der Waals surface area contributed by atoms with Gasteiger partial charge in [0.25, 0.3) is 0 Å². The Morgan fingerprint density at radius 2 is 1.44 bits per heavy atom. The van der Waals surface area contributed by atoms with Crippen LogP contribution in [0.15, 0.2) is 91.4 Å². The summed E-state index contributed by atoms with van der Waals surface area (Å²) in [5, 5.41) is 8.92. The summed E-state index contributed by atoms with van der Waals surface area (Å²) in [6.45, 7) is 0.753. The molecule has 0 aliphatic heterocycles. The van der Waals surface area contributed by atoms with Crippen LogP contribution in [0.2, 0.25) is 0 Å². The monoisotopic (exact) mass is 349 g/mol. The Labute approximate surface area is 159 Å². The maximum atomic E-state index is 8.92. The van der Waals surface area contributed by atoms with E-state index in [9.17, 15) is 0 Å². The molecule has 4 aromatic rings. The van der Waals surface area contributed by atoms with E-state index in [1.807, 2.05) is 42.9 Å². The van der Waals surface area contributed by atoms with Gasteiger partial charge in [0, 0.05) is 24.9 Å². The van der Waals surface area contributed by atoms with Gasteiger partial charge in [0.15, 0.2) is 0 Å². The van der Waals surface area contributed by atoms with Crippen LogP contribution in [-0.2, 0) is 13.0 Å². The van der Waals surface area contributed by atoms with Gasteiger partial charge in [-0.2, -0.15) is 5.26 Å². The number of imidazole rings is 1. The molecule has 0 fully saturated rings. The normalized spacial score (nSPS) is 10.5. The molecule has 0 radical (unpaired) electrons. The van der Waals surface area contributed by atoms with Gasteiger partial charge in [0.05, 0.1) is 18.0 Å². The van der Waals surface area contributed by atoms with E-state index < -0.39 is 0 Å². The Balaban J connectivity index is 1.49. The van der Waals surface area contributed by atoms with E-state index in [0.717, 1.165) is 18.5 Å². The molecule has 3 heteroatoms. The van der Waals surface area contributed by atoms with E-state index >= 15 is 0 Å².